The van der Waals surface area contributed by atoms with Crippen LogP contribution in [0, 0.1) is 0 Å². The lowest BCUT2D eigenvalue weighted by molar-refractivity contribution is -0.128. The maximum absolute atomic E-state index is 13.1. The maximum atomic E-state index is 13.1. The summed E-state index contributed by atoms with van der Waals surface area (Å²) in [6, 6.07) is 15.1. The first-order valence-corrected chi connectivity index (χ1v) is 12.3. The van der Waals surface area contributed by atoms with E-state index in [1.807, 2.05) is 30.3 Å². The third kappa shape index (κ3) is 5.73. The van der Waals surface area contributed by atoms with Gasteiger partial charge in [0, 0.05) is 23.7 Å². The molecule has 1 atom stereocenters. The molecule has 3 rings (SSSR count). The van der Waals surface area contributed by atoms with E-state index < -0.39 is 9.84 Å². The van der Waals surface area contributed by atoms with Crippen LogP contribution in [0.3, 0.4) is 0 Å². The molecule has 1 aliphatic heterocycles. The zero-order chi connectivity index (χ0) is 21.9. The van der Waals surface area contributed by atoms with Gasteiger partial charge in [-0.1, -0.05) is 74.8 Å². The molecule has 0 radical (unpaired) electrons. The van der Waals surface area contributed by atoms with Gasteiger partial charge in [-0.05, 0) is 40.7 Å². The quantitative estimate of drug-likeness (QED) is 0.617. The van der Waals surface area contributed by atoms with E-state index in [-0.39, 0.29) is 28.9 Å². The zero-order valence-corrected chi connectivity index (χ0v) is 19.2. The van der Waals surface area contributed by atoms with Crippen LogP contribution in [0.2, 0.25) is 5.02 Å². The summed E-state index contributed by atoms with van der Waals surface area (Å²) in [7, 11) is -3.11. The molecule has 6 heteroatoms. The highest BCUT2D eigenvalue weighted by atomic mass is 35.5. The van der Waals surface area contributed by atoms with Gasteiger partial charge in [-0.15, -0.1) is 0 Å². The average Bonchev–Trinajstić information content (AvgIpc) is 3.04. The molecule has 0 N–H and O–H groups in total. The predicted octanol–water partition coefficient (Wildman–Crippen LogP) is 4.87. The van der Waals surface area contributed by atoms with Crippen LogP contribution in [0.4, 0.5) is 0 Å². The van der Waals surface area contributed by atoms with E-state index in [9.17, 15) is 13.2 Å². The average molecular weight is 446 g/mol. The van der Waals surface area contributed by atoms with Crippen molar-refractivity contribution in [2.45, 2.75) is 45.2 Å². The van der Waals surface area contributed by atoms with Gasteiger partial charge in [0.25, 0.3) is 0 Å². The Morgan fingerprint density at radius 2 is 1.80 bits per heavy atom. The van der Waals surface area contributed by atoms with Gasteiger partial charge >= 0.3 is 0 Å². The van der Waals surface area contributed by atoms with Crippen molar-refractivity contribution in [3.8, 4) is 0 Å². The second kappa shape index (κ2) is 8.94. The molecule has 1 saturated heterocycles. The van der Waals surface area contributed by atoms with Gasteiger partial charge in [0.05, 0.1) is 11.5 Å². The molecule has 0 aliphatic carbocycles. The summed E-state index contributed by atoms with van der Waals surface area (Å²) in [5.74, 6) is -0.0749. The minimum absolute atomic E-state index is 0.0126. The fourth-order valence-electron chi connectivity index (χ4n) is 3.58. The van der Waals surface area contributed by atoms with E-state index in [2.05, 4.69) is 32.9 Å². The van der Waals surface area contributed by atoms with Gasteiger partial charge in [0.2, 0.25) is 5.91 Å². The smallest absolute Gasteiger partial charge is 0.247 e. The summed E-state index contributed by atoms with van der Waals surface area (Å²) < 4.78 is 24.1. The Kier molecular flexibility index (Phi) is 6.73. The Balaban J connectivity index is 1.83. The highest BCUT2D eigenvalue weighted by Gasteiger charge is 2.34. The number of carbonyl (C=O) groups is 1. The second-order valence-electron chi connectivity index (χ2n) is 8.82. The van der Waals surface area contributed by atoms with Gasteiger partial charge < -0.3 is 4.90 Å². The third-order valence-electron chi connectivity index (χ3n) is 5.42. The van der Waals surface area contributed by atoms with Gasteiger partial charge in [-0.3, -0.25) is 4.79 Å². The first kappa shape index (κ1) is 22.6. The highest BCUT2D eigenvalue weighted by Crippen LogP contribution is 2.25. The SMILES string of the molecule is CC(C)(C)c1ccc(CN(C(=O)/C=C/c2ccccc2Cl)[C@H]2CCS(=O)(=O)C2)cc1. The topological polar surface area (TPSA) is 54.5 Å². The van der Waals surface area contributed by atoms with Crippen LogP contribution in [0.25, 0.3) is 6.08 Å². The van der Waals surface area contributed by atoms with E-state index >= 15 is 0 Å². The van der Waals surface area contributed by atoms with Gasteiger partial charge in [-0.25, -0.2) is 8.42 Å². The number of nitrogens with zero attached hydrogens (tertiary/aromatic N) is 1. The van der Waals surface area contributed by atoms with E-state index in [0.29, 0.717) is 18.0 Å². The molecule has 0 spiro atoms. The molecule has 0 saturated carbocycles. The fourth-order valence-corrected chi connectivity index (χ4v) is 5.51. The van der Waals surface area contributed by atoms with Crippen LogP contribution >= 0.6 is 11.6 Å². The maximum Gasteiger partial charge on any atom is 0.247 e. The molecule has 0 bridgehead atoms. The van der Waals surface area contributed by atoms with Gasteiger partial charge in [-0.2, -0.15) is 0 Å². The monoisotopic (exact) mass is 445 g/mol. The normalized spacial score (nSPS) is 18.6. The van der Waals surface area contributed by atoms with Crippen LogP contribution in [0.15, 0.2) is 54.6 Å². The molecule has 1 amide bonds. The summed E-state index contributed by atoms with van der Waals surface area (Å²) >= 11 is 6.18. The second-order valence-corrected chi connectivity index (χ2v) is 11.5. The molecular formula is C24H28ClNO3S. The Morgan fingerprint density at radius 3 is 2.37 bits per heavy atom. The number of hydrogen-bond donors (Lipinski definition) is 0. The Bertz CT molecular complexity index is 1040. The predicted molar refractivity (Wildman–Crippen MR) is 123 cm³/mol. The van der Waals surface area contributed by atoms with Crippen LogP contribution < -0.4 is 0 Å². The number of carbonyl (C=O) groups excluding carboxylic acids is 1. The molecule has 30 heavy (non-hydrogen) atoms. The highest BCUT2D eigenvalue weighted by molar-refractivity contribution is 7.91. The van der Waals surface area contributed by atoms with Crippen molar-refractivity contribution >= 4 is 33.4 Å². The van der Waals surface area contributed by atoms with Crippen LogP contribution in [-0.4, -0.2) is 36.8 Å². The molecule has 4 nitrogen and oxygen atoms in total. The van der Waals surface area contributed by atoms with Crippen LogP contribution in [0.5, 0.6) is 0 Å². The molecule has 0 aromatic heterocycles. The van der Waals surface area contributed by atoms with Crippen LogP contribution in [-0.2, 0) is 26.6 Å². The van der Waals surface area contributed by atoms with E-state index in [4.69, 9.17) is 11.6 Å². The summed E-state index contributed by atoms with van der Waals surface area (Å²) in [5, 5.41) is 0.564. The molecule has 160 valence electrons. The van der Waals surface area contributed by atoms with Gasteiger partial charge in [0.15, 0.2) is 9.84 Å². The number of benzene rings is 2. The lowest BCUT2D eigenvalue weighted by Gasteiger charge is -2.28. The molecule has 1 fully saturated rings. The molecule has 2 aromatic rings. The van der Waals surface area contributed by atoms with E-state index in [1.54, 1.807) is 17.0 Å². The molecular weight excluding hydrogens is 418 g/mol. The van der Waals surface area contributed by atoms with Crippen molar-refractivity contribution in [1.29, 1.82) is 0 Å². The number of amides is 1. The molecule has 0 unspecified atom stereocenters. The van der Waals surface area contributed by atoms with Crippen LogP contribution in [0.1, 0.15) is 43.9 Å². The summed E-state index contributed by atoms with van der Waals surface area (Å²) in [6.45, 7) is 6.83. The van der Waals surface area contributed by atoms with Crippen molar-refractivity contribution in [2.75, 3.05) is 11.5 Å². The Labute approximate surface area is 184 Å². The van der Waals surface area contributed by atoms with Crippen molar-refractivity contribution in [3.05, 3.63) is 76.3 Å². The summed E-state index contributed by atoms with van der Waals surface area (Å²) in [6.07, 6.45) is 3.63. The van der Waals surface area contributed by atoms with E-state index in [1.165, 1.54) is 11.6 Å². The molecule has 1 heterocycles. The van der Waals surface area contributed by atoms with Crippen molar-refractivity contribution < 1.29 is 13.2 Å². The lowest BCUT2D eigenvalue weighted by Crippen LogP contribution is -2.39. The Morgan fingerprint density at radius 1 is 1.13 bits per heavy atom. The molecule has 1 aliphatic rings. The standard InChI is InChI=1S/C24H28ClNO3S/c1-24(2,3)20-11-8-18(9-12-20)16-26(21-14-15-30(28,29)17-21)23(27)13-10-19-6-4-5-7-22(19)25/h4-13,21H,14-17H2,1-3H3/b13-10+/t21-/m0/s1. The number of halogens is 1. The largest absolute Gasteiger partial charge is 0.331 e. The van der Waals surface area contributed by atoms with E-state index in [0.717, 1.165) is 11.1 Å². The lowest BCUT2D eigenvalue weighted by atomic mass is 9.86. The molecule has 2 aromatic carbocycles. The zero-order valence-electron chi connectivity index (χ0n) is 17.6. The number of hydrogen-bond acceptors (Lipinski definition) is 3. The van der Waals surface area contributed by atoms with Crippen molar-refractivity contribution in [2.24, 2.45) is 0 Å². The van der Waals surface area contributed by atoms with Crippen molar-refractivity contribution in [1.82, 2.24) is 4.90 Å². The van der Waals surface area contributed by atoms with Crippen molar-refractivity contribution in [3.63, 3.8) is 0 Å². The summed E-state index contributed by atoms with van der Waals surface area (Å²) in [5.41, 5.74) is 2.99. The first-order valence-electron chi connectivity index (χ1n) is 10.1. The van der Waals surface area contributed by atoms with Gasteiger partial charge in [0.1, 0.15) is 0 Å². The first-order chi connectivity index (χ1) is 14.0. The summed E-state index contributed by atoms with van der Waals surface area (Å²) in [4.78, 5) is 14.7. The number of sulfone groups is 1. The Hall–Kier alpha value is -2.11. The third-order valence-corrected chi connectivity index (χ3v) is 7.51. The minimum Gasteiger partial charge on any atom is -0.331 e. The minimum atomic E-state index is -3.11. The number of rotatable bonds is 5. The fraction of sp³-hybridized carbons (Fsp3) is 0.375.